The fraction of sp³-hybridized carbons (Fsp3) is 0.176. The smallest absolute Gasteiger partial charge is 0.235 e. The van der Waals surface area contributed by atoms with Gasteiger partial charge in [-0.25, -0.2) is 4.39 Å². The number of furan rings is 1. The molecular weight excluding hydrogens is 329 g/mol. The molecule has 5 nitrogen and oxygen atoms in total. The van der Waals surface area contributed by atoms with Crippen LogP contribution in [-0.2, 0) is 4.79 Å². The number of anilines is 1. The molecule has 0 aliphatic carbocycles. The van der Waals surface area contributed by atoms with Gasteiger partial charge in [-0.2, -0.15) is 5.10 Å². The van der Waals surface area contributed by atoms with E-state index in [0.717, 1.165) is 22.6 Å². The Kier molecular flexibility index (Phi) is 3.65. The average Bonchev–Trinajstić information content (AvgIpc) is 3.14. The molecule has 24 heavy (non-hydrogen) atoms. The van der Waals surface area contributed by atoms with Crippen LogP contribution in [0.1, 0.15) is 22.3 Å². The molecule has 7 heteroatoms. The molecule has 1 amide bonds. The normalized spacial score (nSPS) is 17.2. The number of fused-ring (bicyclic) bond motifs is 1. The highest BCUT2D eigenvalue weighted by Crippen LogP contribution is 2.43. The molecule has 3 aromatic rings. The number of halogens is 1. The van der Waals surface area contributed by atoms with Crippen LogP contribution in [0.25, 0.3) is 11.3 Å². The van der Waals surface area contributed by atoms with Crippen LogP contribution in [0.5, 0.6) is 0 Å². The van der Waals surface area contributed by atoms with Gasteiger partial charge >= 0.3 is 0 Å². The summed E-state index contributed by atoms with van der Waals surface area (Å²) in [5.74, 6) is 1.91. The van der Waals surface area contributed by atoms with E-state index in [0.29, 0.717) is 17.3 Å². The van der Waals surface area contributed by atoms with Gasteiger partial charge in [-0.3, -0.25) is 9.89 Å². The Morgan fingerprint density at radius 2 is 2.04 bits per heavy atom. The SMILES string of the molecule is Cc1[nH]nc2c1[C@H](c1ccc(-c3ccc(F)cc3)o1)SCC(=O)N2. The lowest BCUT2D eigenvalue weighted by Gasteiger charge is -2.11. The van der Waals surface area contributed by atoms with Crippen molar-refractivity contribution in [3.63, 3.8) is 0 Å². The summed E-state index contributed by atoms with van der Waals surface area (Å²) < 4.78 is 19.1. The van der Waals surface area contributed by atoms with E-state index in [1.807, 2.05) is 19.1 Å². The van der Waals surface area contributed by atoms with Crippen LogP contribution < -0.4 is 5.32 Å². The molecule has 1 aliphatic heterocycles. The number of carbonyl (C=O) groups excluding carboxylic acids is 1. The van der Waals surface area contributed by atoms with Crippen LogP contribution in [0, 0.1) is 12.7 Å². The molecule has 1 aromatic carbocycles. The highest BCUT2D eigenvalue weighted by atomic mass is 32.2. The zero-order valence-corrected chi connectivity index (χ0v) is 13.6. The van der Waals surface area contributed by atoms with E-state index in [4.69, 9.17) is 4.42 Å². The number of hydrogen-bond donors (Lipinski definition) is 2. The third-order valence-electron chi connectivity index (χ3n) is 3.91. The number of carbonyl (C=O) groups is 1. The summed E-state index contributed by atoms with van der Waals surface area (Å²) in [6, 6.07) is 9.91. The van der Waals surface area contributed by atoms with Gasteiger partial charge in [0.2, 0.25) is 5.91 Å². The molecular formula is C17H14FN3O2S. The first-order chi connectivity index (χ1) is 11.6. The van der Waals surface area contributed by atoms with Gasteiger partial charge in [-0.05, 0) is 43.3 Å². The van der Waals surface area contributed by atoms with Crippen LogP contribution in [0.4, 0.5) is 10.2 Å². The second-order valence-corrected chi connectivity index (χ2v) is 6.65. The Morgan fingerprint density at radius 1 is 1.25 bits per heavy atom. The molecule has 1 aliphatic rings. The molecule has 0 radical (unpaired) electrons. The van der Waals surface area contributed by atoms with Crippen molar-refractivity contribution in [2.24, 2.45) is 0 Å². The number of rotatable bonds is 2. The van der Waals surface area contributed by atoms with Crippen molar-refractivity contribution >= 4 is 23.5 Å². The predicted octanol–water partition coefficient (Wildman–Crippen LogP) is 3.89. The Morgan fingerprint density at radius 3 is 2.83 bits per heavy atom. The number of hydrogen-bond acceptors (Lipinski definition) is 4. The highest BCUT2D eigenvalue weighted by Gasteiger charge is 2.30. The minimum absolute atomic E-state index is 0.0828. The molecule has 0 bridgehead atoms. The highest BCUT2D eigenvalue weighted by molar-refractivity contribution is 8.00. The Balaban J connectivity index is 1.73. The van der Waals surface area contributed by atoms with Gasteiger partial charge in [0.25, 0.3) is 0 Å². The summed E-state index contributed by atoms with van der Waals surface area (Å²) in [6.07, 6.45) is 0. The molecule has 0 spiro atoms. The second kappa shape index (κ2) is 5.83. The van der Waals surface area contributed by atoms with Gasteiger partial charge in [0.1, 0.15) is 17.3 Å². The Bertz CT molecular complexity index is 901. The van der Waals surface area contributed by atoms with Crippen molar-refractivity contribution in [1.82, 2.24) is 10.2 Å². The fourth-order valence-electron chi connectivity index (χ4n) is 2.75. The van der Waals surface area contributed by atoms with Gasteiger partial charge in [0.05, 0.1) is 11.0 Å². The second-order valence-electron chi connectivity index (χ2n) is 5.56. The van der Waals surface area contributed by atoms with Gasteiger partial charge in [0.15, 0.2) is 5.82 Å². The largest absolute Gasteiger partial charge is 0.460 e. The first-order valence-electron chi connectivity index (χ1n) is 7.44. The molecule has 1 atom stereocenters. The summed E-state index contributed by atoms with van der Waals surface area (Å²) >= 11 is 1.49. The number of aromatic amines is 1. The molecule has 0 saturated heterocycles. The van der Waals surface area contributed by atoms with E-state index in [9.17, 15) is 9.18 Å². The van der Waals surface area contributed by atoms with Gasteiger partial charge in [-0.15, -0.1) is 11.8 Å². The van der Waals surface area contributed by atoms with Crippen molar-refractivity contribution in [1.29, 1.82) is 0 Å². The number of nitrogens with one attached hydrogen (secondary N) is 2. The molecule has 0 unspecified atom stereocenters. The van der Waals surface area contributed by atoms with E-state index in [1.165, 1.54) is 23.9 Å². The molecule has 3 heterocycles. The maximum absolute atomic E-state index is 13.1. The zero-order valence-electron chi connectivity index (χ0n) is 12.8. The number of amides is 1. The van der Waals surface area contributed by atoms with Crippen molar-refractivity contribution in [3.8, 4) is 11.3 Å². The van der Waals surface area contributed by atoms with E-state index < -0.39 is 0 Å². The molecule has 122 valence electrons. The summed E-state index contributed by atoms with van der Waals surface area (Å²) in [7, 11) is 0. The van der Waals surface area contributed by atoms with Gasteiger partial charge in [0, 0.05) is 16.8 Å². The fourth-order valence-corrected chi connectivity index (χ4v) is 3.89. The van der Waals surface area contributed by atoms with E-state index >= 15 is 0 Å². The molecule has 2 N–H and O–H groups in total. The number of nitrogens with zero attached hydrogens (tertiary/aromatic N) is 1. The van der Waals surface area contributed by atoms with Crippen LogP contribution in [0.15, 0.2) is 40.8 Å². The van der Waals surface area contributed by atoms with Crippen molar-refractivity contribution < 1.29 is 13.6 Å². The monoisotopic (exact) mass is 343 g/mol. The molecule has 0 saturated carbocycles. The maximum Gasteiger partial charge on any atom is 0.235 e. The van der Waals surface area contributed by atoms with Crippen molar-refractivity contribution in [2.45, 2.75) is 12.2 Å². The first kappa shape index (κ1) is 15.0. The van der Waals surface area contributed by atoms with E-state index in [1.54, 1.807) is 12.1 Å². The number of aryl methyl sites for hydroxylation is 1. The summed E-state index contributed by atoms with van der Waals surface area (Å²) in [5, 5.41) is 9.74. The molecule has 4 rings (SSSR count). The lowest BCUT2D eigenvalue weighted by atomic mass is 10.1. The van der Waals surface area contributed by atoms with Crippen LogP contribution >= 0.6 is 11.8 Å². The zero-order chi connectivity index (χ0) is 16.7. The topological polar surface area (TPSA) is 70.9 Å². The minimum atomic E-state index is -0.284. The summed E-state index contributed by atoms with van der Waals surface area (Å²) in [4.78, 5) is 11.8. The van der Waals surface area contributed by atoms with Gasteiger partial charge < -0.3 is 9.73 Å². The van der Waals surface area contributed by atoms with Crippen molar-refractivity contribution in [2.75, 3.05) is 11.1 Å². The number of thioether (sulfide) groups is 1. The summed E-state index contributed by atoms with van der Waals surface area (Å²) in [6.45, 7) is 1.92. The molecule has 0 fully saturated rings. The van der Waals surface area contributed by atoms with Crippen LogP contribution in [0.3, 0.4) is 0 Å². The third kappa shape index (κ3) is 2.60. The minimum Gasteiger partial charge on any atom is -0.460 e. The van der Waals surface area contributed by atoms with Gasteiger partial charge in [-0.1, -0.05) is 0 Å². The van der Waals surface area contributed by atoms with E-state index in [-0.39, 0.29) is 17.0 Å². The number of aromatic nitrogens is 2. The third-order valence-corrected chi connectivity index (χ3v) is 5.14. The maximum atomic E-state index is 13.1. The number of benzene rings is 1. The average molecular weight is 343 g/mol. The Hall–Kier alpha value is -2.54. The Labute approximate surface area is 141 Å². The van der Waals surface area contributed by atoms with E-state index in [2.05, 4.69) is 15.5 Å². The predicted molar refractivity (Wildman–Crippen MR) is 90.4 cm³/mol. The lowest BCUT2D eigenvalue weighted by Crippen LogP contribution is -2.12. The lowest BCUT2D eigenvalue weighted by molar-refractivity contribution is -0.113. The number of H-pyrrole nitrogens is 1. The van der Waals surface area contributed by atoms with Crippen LogP contribution in [-0.4, -0.2) is 21.9 Å². The quantitative estimate of drug-likeness (QED) is 0.740. The van der Waals surface area contributed by atoms with Crippen LogP contribution in [0.2, 0.25) is 0 Å². The standard InChI is InChI=1S/C17H14FN3O2S/c1-9-15-16(24-8-14(22)19-17(15)21-20-9)13-7-6-12(23-13)10-2-4-11(18)5-3-10/h2-7,16H,8H2,1H3,(H2,19,20,21,22)/t16-/m0/s1. The molecule has 2 aromatic heterocycles. The van der Waals surface area contributed by atoms with Crippen molar-refractivity contribution in [3.05, 3.63) is 59.2 Å². The summed E-state index contributed by atoms with van der Waals surface area (Å²) in [5.41, 5.74) is 2.62. The first-order valence-corrected chi connectivity index (χ1v) is 8.48.